The smallest absolute Gasteiger partial charge is 0.314 e. The van der Waals surface area contributed by atoms with E-state index < -0.39 is 11.9 Å². The predicted molar refractivity (Wildman–Crippen MR) is 61.4 cm³/mol. The van der Waals surface area contributed by atoms with Crippen molar-refractivity contribution < 1.29 is 19.4 Å². The zero-order valence-electron chi connectivity index (χ0n) is 9.60. The van der Waals surface area contributed by atoms with E-state index in [2.05, 4.69) is 0 Å². The summed E-state index contributed by atoms with van der Waals surface area (Å²) in [6.45, 7) is 2.29. The summed E-state index contributed by atoms with van der Waals surface area (Å²) in [4.78, 5) is 23.1. The third kappa shape index (κ3) is 2.02. The summed E-state index contributed by atoms with van der Waals surface area (Å²) in [6, 6.07) is 5.40. The van der Waals surface area contributed by atoms with Crippen molar-refractivity contribution in [2.24, 2.45) is 5.92 Å². The van der Waals surface area contributed by atoms with E-state index in [0.29, 0.717) is 30.8 Å². The van der Waals surface area contributed by atoms with Gasteiger partial charge in [-0.05, 0) is 31.4 Å². The van der Waals surface area contributed by atoms with Crippen LogP contribution < -0.4 is 4.74 Å². The maximum atomic E-state index is 12.1. The summed E-state index contributed by atoms with van der Waals surface area (Å²) in [5.74, 6) is -1.81. The van der Waals surface area contributed by atoms with Crippen molar-refractivity contribution in [3.05, 3.63) is 29.3 Å². The first-order chi connectivity index (χ1) is 8.15. The van der Waals surface area contributed by atoms with Gasteiger partial charge in [0, 0.05) is 0 Å². The fraction of sp³-hybridized carbons (Fsp3) is 0.385. The van der Waals surface area contributed by atoms with Gasteiger partial charge in [-0.2, -0.15) is 0 Å². The van der Waals surface area contributed by atoms with Crippen molar-refractivity contribution in [2.75, 3.05) is 6.61 Å². The molecule has 1 aliphatic rings. The molecule has 0 saturated heterocycles. The Morgan fingerprint density at radius 1 is 1.53 bits per heavy atom. The Kier molecular flexibility index (Phi) is 3.13. The zero-order valence-corrected chi connectivity index (χ0v) is 9.60. The van der Waals surface area contributed by atoms with Crippen LogP contribution in [0, 0.1) is 5.92 Å². The average Bonchev–Trinajstić information content (AvgIpc) is 2.29. The Bertz CT molecular complexity index is 464. The van der Waals surface area contributed by atoms with Crippen LogP contribution in [0.3, 0.4) is 0 Å². The van der Waals surface area contributed by atoms with Gasteiger partial charge in [0.05, 0.1) is 12.2 Å². The fourth-order valence-corrected chi connectivity index (χ4v) is 2.18. The molecular formula is C13H14O4. The van der Waals surface area contributed by atoms with Gasteiger partial charge in [0.25, 0.3) is 0 Å². The second-order valence-corrected chi connectivity index (χ2v) is 4.02. The molecule has 17 heavy (non-hydrogen) atoms. The van der Waals surface area contributed by atoms with Crippen molar-refractivity contribution in [1.29, 1.82) is 0 Å². The van der Waals surface area contributed by atoms with Crippen molar-refractivity contribution in [3.63, 3.8) is 0 Å². The number of aryl methyl sites for hydroxylation is 1. The van der Waals surface area contributed by atoms with E-state index in [-0.39, 0.29) is 5.78 Å². The van der Waals surface area contributed by atoms with Gasteiger partial charge < -0.3 is 9.84 Å². The number of Topliss-reactive ketones (excluding diaryl/α,β-unsaturated/α-hetero) is 1. The fourth-order valence-electron chi connectivity index (χ4n) is 2.18. The lowest BCUT2D eigenvalue weighted by Gasteiger charge is -2.22. The molecule has 0 heterocycles. The summed E-state index contributed by atoms with van der Waals surface area (Å²) in [6.07, 6.45) is 0.982. The number of rotatable bonds is 3. The summed E-state index contributed by atoms with van der Waals surface area (Å²) >= 11 is 0. The van der Waals surface area contributed by atoms with Crippen LogP contribution in [0.1, 0.15) is 29.3 Å². The van der Waals surface area contributed by atoms with Gasteiger partial charge in [-0.15, -0.1) is 0 Å². The first-order valence-electron chi connectivity index (χ1n) is 5.66. The van der Waals surface area contributed by atoms with Crippen molar-refractivity contribution in [3.8, 4) is 5.75 Å². The lowest BCUT2D eigenvalue weighted by atomic mass is 9.82. The first kappa shape index (κ1) is 11.6. The molecule has 2 rings (SSSR count). The molecule has 0 saturated carbocycles. The molecule has 90 valence electrons. The lowest BCUT2D eigenvalue weighted by molar-refractivity contribution is -0.140. The van der Waals surface area contributed by atoms with Gasteiger partial charge in [-0.3, -0.25) is 9.59 Å². The molecule has 0 fully saturated rings. The molecule has 1 aromatic carbocycles. The minimum absolute atomic E-state index is 0.331. The van der Waals surface area contributed by atoms with Crippen molar-refractivity contribution in [2.45, 2.75) is 19.8 Å². The molecule has 0 amide bonds. The van der Waals surface area contributed by atoms with Crippen LogP contribution in [0.25, 0.3) is 0 Å². The van der Waals surface area contributed by atoms with Crippen LogP contribution in [0.5, 0.6) is 5.75 Å². The van der Waals surface area contributed by atoms with Gasteiger partial charge in [-0.1, -0.05) is 12.1 Å². The van der Waals surface area contributed by atoms with E-state index in [9.17, 15) is 9.59 Å². The highest BCUT2D eigenvalue weighted by molar-refractivity contribution is 6.11. The Labute approximate surface area is 99.2 Å². The number of hydrogen-bond acceptors (Lipinski definition) is 3. The number of ketones is 1. The van der Waals surface area contributed by atoms with Crippen LogP contribution in [0.15, 0.2) is 18.2 Å². The average molecular weight is 234 g/mol. The molecule has 0 radical (unpaired) electrons. The highest BCUT2D eigenvalue weighted by atomic mass is 16.5. The number of carbonyl (C=O) groups excluding carboxylic acids is 1. The highest BCUT2D eigenvalue weighted by Gasteiger charge is 2.34. The van der Waals surface area contributed by atoms with Gasteiger partial charge in [0.1, 0.15) is 11.7 Å². The van der Waals surface area contributed by atoms with E-state index in [1.165, 1.54) is 0 Å². The van der Waals surface area contributed by atoms with Gasteiger partial charge >= 0.3 is 5.97 Å². The number of carbonyl (C=O) groups is 2. The van der Waals surface area contributed by atoms with Crippen molar-refractivity contribution >= 4 is 11.8 Å². The minimum Gasteiger partial charge on any atom is -0.493 e. The normalized spacial score (nSPS) is 18.6. The Hall–Kier alpha value is -1.84. The second-order valence-electron chi connectivity index (χ2n) is 4.02. The highest BCUT2D eigenvalue weighted by Crippen LogP contribution is 2.32. The van der Waals surface area contributed by atoms with Gasteiger partial charge in [0.2, 0.25) is 0 Å². The molecule has 0 aromatic heterocycles. The maximum absolute atomic E-state index is 12.1. The lowest BCUT2D eigenvalue weighted by Crippen LogP contribution is -2.29. The summed E-state index contributed by atoms with van der Waals surface area (Å²) in [7, 11) is 0. The van der Waals surface area contributed by atoms with Crippen LogP contribution in [-0.2, 0) is 11.2 Å². The van der Waals surface area contributed by atoms with E-state index in [4.69, 9.17) is 9.84 Å². The number of ether oxygens (including phenoxy) is 1. The molecule has 1 aliphatic carbocycles. The number of hydrogen-bond donors (Lipinski definition) is 1. The third-order valence-electron chi connectivity index (χ3n) is 2.98. The molecule has 0 bridgehead atoms. The molecule has 1 unspecified atom stereocenters. The summed E-state index contributed by atoms with van der Waals surface area (Å²) in [5, 5.41) is 8.99. The van der Waals surface area contributed by atoms with E-state index in [1.807, 2.05) is 19.1 Å². The number of carboxylic acid groups (broad SMARTS) is 1. The molecule has 1 atom stereocenters. The second kappa shape index (κ2) is 4.57. The SMILES string of the molecule is CCOc1cccc2c1C(=O)C(C(=O)O)CC2. The zero-order chi connectivity index (χ0) is 12.4. The summed E-state index contributed by atoms with van der Waals surface area (Å²) < 4.78 is 5.39. The van der Waals surface area contributed by atoms with E-state index >= 15 is 0 Å². The molecular weight excluding hydrogens is 220 g/mol. The number of aliphatic carboxylic acids is 1. The number of fused-ring (bicyclic) bond motifs is 1. The monoisotopic (exact) mass is 234 g/mol. The molecule has 4 nitrogen and oxygen atoms in total. The predicted octanol–water partition coefficient (Wildman–Crippen LogP) is 1.91. The topological polar surface area (TPSA) is 63.6 Å². The first-order valence-corrected chi connectivity index (χ1v) is 5.66. The van der Waals surface area contributed by atoms with Crippen LogP contribution >= 0.6 is 0 Å². The standard InChI is InChI=1S/C13H14O4/c1-2-17-10-5-3-4-8-6-7-9(13(15)16)12(14)11(8)10/h3-5,9H,2,6-7H2,1H3,(H,15,16). The molecule has 0 spiro atoms. The maximum Gasteiger partial charge on any atom is 0.314 e. The Balaban J connectivity index is 2.45. The van der Waals surface area contributed by atoms with Gasteiger partial charge in [0.15, 0.2) is 5.78 Å². The quantitative estimate of drug-likeness (QED) is 0.811. The van der Waals surface area contributed by atoms with Gasteiger partial charge in [-0.25, -0.2) is 0 Å². The number of carboxylic acids is 1. The van der Waals surface area contributed by atoms with E-state index in [1.54, 1.807) is 6.07 Å². The molecule has 1 aromatic rings. The molecule has 4 heteroatoms. The molecule has 1 N–H and O–H groups in total. The van der Waals surface area contributed by atoms with E-state index in [0.717, 1.165) is 5.56 Å². The Morgan fingerprint density at radius 2 is 2.29 bits per heavy atom. The largest absolute Gasteiger partial charge is 0.493 e. The Morgan fingerprint density at radius 3 is 2.94 bits per heavy atom. The van der Waals surface area contributed by atoms with Crippen molar-refractivity contribution in [1.82, 2.24) is 0 Å². The van der Waals surface area contributed by atoms with Crippen LogP contribution in [0.4, 0.5) is 0 Å². The number of benzene rings is 1. The minimum atomic E-state index is -1.05. The summed E-state index contributed by atoms with van der Waals surface area (Å²) in [5.41, 5.74) is 1.34. The molecule has 0 aliphatic heterocycles. The van der Waals surface area contributed by atoms with Crippen LogP contribution in [0.2, 0.25) is 0 Å². The third-order valence-corrected chi connectivity index (χ3v) is 2.98. The van der Waals surface area contributed by atoms with Crippen LogP contribution in [-0.4, -0.2) is 23.5 Å².